The molecule has 1 heterocycles. The van der Waals surface area contributed by atoms with Gasteiger partial charge in [-0.2, -0.15) is 5.26 Å². The zero-order valence-electron chi connectivity index (χ0n) is 19.4. The van der Waals surface area contributed by atoms with Crippen LogP contribution in [0.5, 0.6) is 5.75 Å². The summed E-state index contributed by atoms with van der Waals surface area (Å²) < 4.78 is 35.0. The number of esters is 2. The highest BCUT2D eigenvalue weighted by molar-refractivity contribution is 6.06. The van der Waals surface area contributed by atoms with Gasteiger partial charge in [-0.1, -0.05) is 30.3 Å². The van der Waals surface area contributed by atoms with Crippen molar-refractivity contribution < 1.29 is 32.9 Å². The zero-order chi connectivity index (χ0) is 25.5. The first-order valence-electron chi connectivity index (χ1n) is 10.5. The van der Waals surface area contributed by atoms with Gasteiger partial charge in [0.25, 0.3) is 0 Å². The maximum atomic E-state index is 14.9. The number of carbonyl (C=O) groups is 2. The van der Waals surface area contributed by atoms with E-state index >= 15 is 0 Å². The molecule has 0 aliphatic carbocycles. The number of rotatable bonds is 8. The molecule has 0 radical (unpaired) electrons. The molecule has 0 saturated carbocycles. The molecular formula is C25H24FN3O6. The fourth-order valence-electron chi connectivity index (χ4n) is 3.76. The normalized spacial score (nSPS) is 15.5. The van der Waals surface area contributed by atoms with Gasteiger partial charge in [-0.05, 0) is 17.7 Å². The van der Waals surface area contributed by atoms with E-state index in [1.807, 2.05) is 6.07 Å². The van der Waals surface area contributed by atoms with E-state index in [4.69, 9.17) is 24.7 Å². The predicted octanol–water partition coefficient (Wildman–Crippen LogP) is 2.75. The van der Waals surface area contributed by atoms with Crippen molar-refractivity contribution >= 4 is 17.6 Å². The summed E-state index contributed by atoms with van der Waals surface area (Å²) in [6, 6.07) is 14.5. The van der Waals surface area contributed by atoms with Crippen LogP contribution in [0.2, 0.25) is 0 Å². The molecule has 2 aromatic carbocycles. The SMILES string of the molecule is COCCOc1ccc(N2C(N)=C(C#N)C(c3ccccc3)C(C(=O)OC)=C2C(=O)OC)cc1F. The van der Waals surface area contributed by atoms with Gasteiger partial charge in [0, 0.05) is 13.2 Å². The molecule has 0 amide bonds. The minimum Gasteiger partial charge on any atom is -0.488 e. The molecule has 35 heavy (non-hydrogen) atoms. The van der Waals surface area contributed by atoms with Crippen molar-refractivity contribution in [1.29, 1.82) is 5.26 Å². The van der Waals surface area contributed by atoms with E-state index in [-0.39, 0.29) is 47.3 Å². The molecule has 2 aromatic rings. The van der Waals surface area contributed by atoms with Crippen LogP contribution in [0.25, 0.3) is 0 Å². The van der Waals surface area contributed by atoms with Crippen LogP contribution >= 0.6 is 0 Å². The van der Waals surface area contributed by atoms with Crippen molar-refractivity contribution in [3.63, 3.8) is 0 Å². The van der Waals surface area contributed by atoms with Gasteiger partial charge in [-0.3, -0.25) is 4.90 Å². The van der Waals surface area contributed by atoms with Gasteiger partial charge in [0.15, 0.2) is 11.6 Å². The number of methoxy groups -OCH3 is 3. The van der Waals surface area contributed by atoms with Crippen LogP contribution in [0.3, 0.4) is 0 Å². The summed E-state index contributed by atoms with van der Waals surface area (Å²) in [5.41, 5.74) is 6.50. The topological polar surface area (TPSA) is 124 Å². The third kappa shape index (κ3) is 4.95. The third-order valence-corrected chi connectivity index (χ3v) is 5.33. The Hall–Kier alpha value is -4.36. The van der Waals surface area contributed by atoms with Crippen molar-refractivity contribution in [2.24, 2.45) is 5.73 Å². The fourth-order valence-corrected chi connectivity index (χ4v) is 3.76. The van der Waals surface area contributed by atoms with Gasteiger partial charge in [0.2, 0.25) is 0 Å². The Balaban J connectivity index is 2.27. The second-order valence-electron chi connectivity index (χ2n) is 7.29. The highest BCUT2D eigenvalue weighted by atomic mass is 19.1. The summed E-state index contributed by atoms with van der Waals surface area (Å²) in [6.45, 7) is 0.378. The molecule has 0 bridgehead atoms. The van der Waals surface area contributed by atoms with Gasteiger partial charge < -0.3 is 24.7 Å². The summed E-state index contributed by atoms with van der Waals surface area (Å²) >= 11 is 0. The van der Waals surface area contributed by atoms with E-state index in [0.29, 0.717) is 5.56 Å². The molecular weight excluding hydrogens is 457 g/mol. The number of hydrogen-bond acceptors (Lipinski definition) is 9. The molecule has 182 valence electrons. The summed E-state index contributed by atoms with van der Waals surface area (Å²) in [5.74, 6) is -3.78. The van der Waals surface area contributed by atoms with Crippen LogP contribution in [0.1, 0.15) is 11.5 Å². The van der Waals surface area contributed by atoms with Crippen molar-refractivity contribution in [3.05, 3.63) is 82.6 Å². The Bertz CT molecular complexity index is 1220. The lowest BCUT2D eigenvalue weighted by atomic mass is 9.81. The summed E-state index contributed by atoms with van der Waals surface area (Å²) in [6.07, 6.45) is 0. The lowest BCUT2D eigenvalue weighted by Gasteiger charge is -2.35. The van der Waals surface area contributed by atoms with E-state index in [1.54, 1.807) is 30.3 Å². The monoisotopic (exact) mass is 481 g/mol. The number of nitriles is 1. The Labute approximate surface area is 201 Å². The molecule has 0 saturated heterocycles. The molecule has 0 fully saturated rings. The van der Waals surface area contributed by atoms with Crippen LogP contribution in [-0.2, 0) is 23.8 Å². The Kier molecular flexibility index (Phi) is 8.07. The molecule has 1 unspecified atom stereocenters. The quantitative estimate of drug-likeness (QED) is 0.448. The maximum absolute atomic E-state index is 14.9. The number of carbonyl (C=O) groups excluding carboxylic acids is 2. The summed E-state index contributed by atoms with van der Waals surface area (Å²) in [4.78, 5) is 27.1. The third-order valence-electron chi connectivity index (χ3n) is 5.33. The van der Waals surface area contributed by atoms with Gasteiger partial charge in [0.1, 0.15) is 18.1 Å². The highest BCUT2D eigenvalue weighted by Crippen LogP contribution is 2.43. The average Bonchev–Trinajstić information content (AvgIpc) is 2.88. The standard InChI is InChI=1S/C25H24FN3O6/c1-32-11-12-35-19-10-9-16(13-18(19)26)29-22(25(31)34-3)21(24(30)33-2)20(17(14-27)23(29)28)15-7-5-4-6-8-15/h4-10,13,20H,11-12,28H2,1-3H3. The number of benzene rings is 2. The van der Waals surface area contributed by atoms with E-state index in [1.165, 1.54) is 19.2 Å². The van der Waals surface area contributed by atoms with E-state index in [0.717, 1.165) is 25.2 Å². The minimum absolute atomic E-state index is 0.0231. The number of allylic oxidation sites excluding steroid dienone is 1. The first kappa shape index (κ1) is 25.3. The number of anilines is 1. The number of nitrogens with zero attached hydrogens (tertiary/aromatic N) is 2. The number of halogens is 1. The van der Waals surface area contributed by atoms with Gasteiger partial charge in [-0.15, -0.1) is 0 Å². The van der Waals surface area contributed by atoms with Crippen LogP contribution in [0.15, 0.2) is 71.2 Å². The van der Waals surface area contributed by atoms with Crippen LogP contribution < -0.4 is 15.4 Å². The summed E-state index contributed by atoms with van der Waals surface area (Å²) in [7, 11) is 3.77. The number of ether oxygens (including phenoxy) is 4. The molecule has 1 atom stereocenters. The fraction of sp³-hybridized carbons (Fsp3) is 0.240. The highest BCUT2D eigenvalue weighted by Gasteiger charge is 2.43. The van der Waals surface area contributed by atoms with Crippen molar-refractivity contribution in [2.45, 2.75) is 5.92 Å². The van der Waals surface area contributed by atoms with Gasteiger partial charge in [-0.25, -0.2) is 14.0 Å². The molecule has 0 spiro atoms. The minimum atomic E-state index is -1.01. The smallest absolute Gasteiger partial charge is 0.355 e. The lowest BCUT2D eigenvalue weighted by molar-refractivity contribution is -0.139. The lowest BCUT2D eigenvalue weighted by Crippen LogP contribution is -2.40. The molecule has 9 nitrogen and oxygen atoms in total. The molecule has 0 aromatic heterocycles. The van der Waals surface area contributed by atoms with E-state index < -0.39 is 23.7 Å². The molecule has 2 N–H and O–H groups in total. The van der Waals surface area contributed by atoms with Crippen molar-refractivity contribution in [3.8, 4) is 11.8 Å². The van der Waals surface area contributed by atoms with Crippen LogP contribution in [0, 0.1) is 17.1 Å². The van der Waals surface area contributed by atoms with Crippen LogP contribution in [-0.4, -0.2) is 46.5 Å². The first-order chi connectivity index (χ1) is 16.9. The van der Waals surface area contributed by atoms with E-state index in [9.17, 15) is 19.2 Å². The number of nitrogens with two attached hydrogens (primary N) is 1. The Morgan fingerprint density at radius 3 is 2.31 bits per heavy atom. The maximum Gasteiger partial charge on any atom is 0.355 e. The molecule has 1 aliphatic rings. The zero-order valence-corrected chi connectivity index (χ0v) is 19.4. The Morgan fingerprint density at radius 2 is 1.74 bits per heavy atom. The van der Waals surface area contributed by atoms with Crippen LogP contribution in [0.4, 0.5) is 10.1 Å². The average molecular weight is 481 g/mol. The van der Waals surface area contributed by atoms with Crippen molar-refractivity contribution in [2.75, 3.05) is 39.4 Å². The molecule has 10 heteroatoms. The summed E-state index contributed by atoms with van der Waals surface area (Å²) in [5, 5.41) is 10.0. The second-order valence-corrected chi connectivity index (χ2v) is 7.29. The van der Waals surface area contributed by atoms with Crippen molar-refractivity contribution in [1.82, 2.24) is 0 Å². The van der Waals surface area contributed by atoms with Gasteiger partial charge >= 0.3 is 11.9 Å². The van der Waals surface area contributed by atoms with Gasteiger partial charge in [0.05, 0.1) is 49.6 Å². The predicted molar refractivity (Wildman–Crippen MR) is 123 cm³/mol. The Morgan fingerprint density at radius 1 is 1.06 bits per heavy atom. The molecule has 3 rings (SSSR count). The number of hydrogen-bond donors (Lipinski definition) is 1. The second kappa shape index (κ2) is 11.2. The first-order valence-corrected chi connectivity index (χ1v) is 10.5. The van der Waals surface area contributed by atoms with E-state index in [2.05, 4.69) is 0 Å². The molecule has 1 aliphatic heterocycles. The largest absolute Gasteiger partial charge is 0.488 e.